The number of aliphatic hydroxyl groups excluding tert-OH is 2. The Balaban J connectivity index is 2.14. The first-order valence-corrected chi connectivity index (χ1v) is 9.20. The van der Waals surface area contributed by atoms with Crippen LogP contribution < -0.4 is 0 Å². The summed E-state index contributed by atoms with van der Waals surface area (Å²) in [6.07, 6.45) is 1.19. The van der Waals surface area contributed by atoms with Gasteiger partial charge >= 0.3 is 9.28 Å². The van der Waals surface area contributed by atoms with E-state index in [-0.39, 0.29) is 25.0 Å². The van der Waals surface area contributed by atoms with E-state index in [1.54, 1.807) is 0 Å². The third kappa shape index (κ3) is 10.3. The van der Waals surface area contributed by atoms with Crippen LogP contribution in [0.15, 0.2) is 0 Å². The minimum absolute atomic E-state index is 0.118. The smallest absolute Gasteiger partial charge is 0.384 e. The van der Waals surface area contributed by atoms with Crippen molar-refractivity contribution >= 4 is 9.28 Å². The molecule has 1 rings (SSSR count). The molecule has 1 fully saturated rings. The second-order valence-corrected chi connectivity index (χ2v) is 7.52. The Morgan fingerprint density at radius 3 is 2.19 bits per heavy atom. The minimum atomic E-state index is -1.37. The van der Waals surface area contributed by atoms with Crippen LogP contribution in [0.2, 0.25) is 6.04 Å². The summed E-state index contributed by atoms with van der Waals surface area (Å²) in [5.74, 6) is 0.235. The number of aliphatic hydroxyl groups is 2. The van der Waals surface area contributed by atoms with E-state index < -0.39 is 9.28 Å². The molecule has 3 atom stereocenters. The van der Waals surface area contributed by atoms with E-state index in [0.29, 0.717) is 32.5 Å². The summed E-state index contributed by atoms with van der Waals surface area (Å²) in [5, 5.41) is 18.1. The Kier molecular flexibility index (Phi) is 10.4. The average Bonchev–Trinajstić information content (AvgIpc) is 3.32. The van der Waals surface area contributed by atoms with Crippen LogP contribution in [-0.4, -0.2) is 71.8 Å². The van der Waals surface area contributed by atoms with Gasteiger partial charge in [0.1, 0.15) is 6.10 Å². The summed E-state index contributed by atoms with van der Waals surface area (Å²) >= 11 is 0. The summed E-state index contributed by atoms with van der Waals surface area (Å²) in [6, 6.07) is 0.840. The van der Waals surface area contributed by atoms with Crippen molar-refractivity contribution in [3.63, 3.8) is 0 Å². The first-order valence-electron chi connectivity index (χ1n) is 7.68. The first-order chi connectivity index (χ1) is 10.2. The molecular formula is C14H29O6Si. The molecule has 1 saturated heterocycles. The maximum Gasteiger partial charge on any atom is 0.384 e. The molecule has 1 radical (unpaired) electrons. The second kappa shape index (κ2) is 11.5. The van der Waals surface area contributed by atoms with Gasteiger partial charge in [-0.2, -0.15) is 0 Å². The zero-order valence-electron chi connectivity index (χ0n) is 13.1. The third-order valence-corrected chi connectivity index (χ3v) is 4.80. The molecule has 0 spiro atoms. The maximum atomic E-state index is 9.03. The van der Waals surface area contributed by atoms with Gasteiger partial charge in [0, 0.05) is 44.9 Å². The molecule has 0 bridgehead atoms. The van der Waals surface area contributed by atoms with Crippen molar-refractivity contribution in [3.8, 4) is 0 Å². The van der Waals surface area contributed by atoms with Crippen LogP contribution in [0, 0.1) is 11.8 Å². The highest BCUT2D eigenvalue weighted by Gasteiger charge is 2.22. The van der Waals surface area contributed by atoms with Crippen molar-refractivity contribution in [2.45, 2.75) is 32.4 Å². The SMILES string of the molecule is CC(CO)CO[Si](CCCOCC1CO1)OCC(C)CO. The summed E-state index contributed by atoms with van der Waals surface area (Å²) in [7, 11) is -1.37. The highest BCUT2D eigenvalue weighted by atomic mass is 28.3. The minimum Gasteiger partial charge on any atom is -0.396 e. The molecule has 0 amide bonds. The Hall–Kier alpha value is -0.0231. The van der Waals surface area contributed by atoms with Crippen molar-refractivity contribution in [1.82, 2.24) is 0 Å². The van der Waals surface area contributed by atoms with E-state index in [4.69, 9.17) is 28.5 Å². The number of hydrogen-bond acceptors (Lipinski definition) is 6. The molecule has 2 N–H and O–H groups in total. The van der Waals surface area contributed by atoms with Crippen LogP contribution in [0.3, 0.4) is 0 Å². The highest BCUT2D eigenvalue weighted by molar-refractivity contribution is 6.44. The molecule has 1 heterocycles. The van der Waals surface area contributed by atoms with Gasteiger partial charge < -0.3 is 28.5 Å². The number of ether oxygens (including phenoxy) is 2. The van der Waals surface area contributed by atoms with Crippen LogP contribution in [0.25, 0.3) is 0 Å². The molecule has 0 aromatic rings. The molecule has 0 aromatic carbocycles. The van der Waals surface area contributed by atoms with Gasteiger partial charge in [0.15, 0.2) is 0 Å². The molecular weight excluding hydrogens is 292 g/mol. The lowest BCUT2D eigenvalue weighted by atomic mass is 10.2. The molecule has 1 aliphatic rings. The summed E-state index contributed by atoms with van der Waals surface area (Å²) in [6.45, 7) is 7.31. The van der Waals surface area contributed by atoms with Gasteiger partial charge in [0.2, 0.25) is 0 Å². The topological polar surface area (TPSA) is 80.7 Å². The van der Waals surface area contributed by atoms with Crippen molar-refractivity contribution < 1.29 is 28.5 Å². The van der Waals surface area contributed by atoms with Crippen molar-refractivity contribution in [3.05, 3.63) is 0 Å². The fraction of sp³-hybridized carbons (Fsp3) is 1.00. The summed E-state index contributed by atoms with van der Waals surface area (Å²) in [5.41, 5.74) is 0. The summed E-state index contributed by atoms with van der Waals surface area (Å²) in [4.78, 5) is 0. The molecule has 0 aromatic heterocycles. The van der Waals surface area contributed by atoms with Gasteiger partial charge in [-0.3, -0.25) is 0 Å². The fourth-order valence-corrected chi connectivity index (χ4v) is 3.21. The van der Waals surface area contributed by atoms with E-state index in [1.807, 2.05) is 13.8 Å². The predicted octanol–water partition coefficient (Wildman–Crippen LogP) is 0.570. The molecule has 0 aliphatic carbocycles. The summed E-state index contributed by atoms with van der Waals surface area (Å²) < 4.78 is 22.2. The van der Waals surface area contributed by atoms with Crippen LogP contribution in [0.5, 0.6) is 0 Å². The molecule has 0 saturated carbocycles. The van der Waals surface area contributed by atoms with Crippen LogP contribution in [0.4, 0.5) is 0 Å². The lowest BCUT2D eigenvalue weighted by molar-refractivity contribution is 0.104. The van der Waals surface area contributed by atoms with Gasteiger partial charge in [-0.1, -0.05) is 13.8 Å². The largest absolute Gasteiger partial charge is 0.396 e. The normalized spacial score (nSPS) is 20.7. The second-order valence-electron chi connectivity index (χ2n) is 5.70. The van der Waals surface area contributed by atoms with Crippen molar-refractivity contribution in [2.75, 3.05) is 46.2 Å². The number of rotatable bonds is 14. The quantitative estimate of drug-likeness (QED) is 0.277. The Bertz CT molecular complexity index is 238. The van der Waals surface area contributed by atoms with E-state index in [2.05, 4.69) is 0 Å². The van der Waals surface area contributed by atoms with Crippen LogP contribution >= 0.6 is 0 Å². The Morgan fingerprint density at radius 1 is 1.14 bits per heavy atom. The molecule has 6 nitrogen and oxygen atoms in total. The van der Waals surface area contributed by atoms with E-state index in [9.17, 15) is 0 Å². The zero-order chi connectivity index (χ0) is 15.5. The van der Waals surface area contributed by atoms with Crippen molar-refractivity contribution in [1.29, 1.82) is 0 Å². The van der Waals surface area contributed by atoms with Gasteiger partial charge in [-0.15, -0.1) is 0 Å². The van der Waals surface area contributed by atoms with E-state index in [1.165, 1.54) is 0 Å². The van der Waals surface area contributed by atoms with Gasteiger partial charge in [0.25, 0.3) is 0 Å². The van der Waals surface area contributed by atoms with Crippen molar-refractivity contribution in [2.24, 2.45) is 11.8 Å². The molecule has 7 heteroatoms. The van der Waals surface area contributed by atoms with Crippen LogP contribution in [0.1, 0.15) is 20.3 Å². The number of hydrogen-bond donors (Lipinski definition) is 2. The highest BCUT2D eigenvalue weighted by Crippen LogP contribution is 2.10. The van der Waals surface area contributed by atoms with E-state index >= 15 is 0 Å². The van der Waals surface area contributed by atoms with Gasteiger partial charge in [-0.25, -0.2) is 0 Å². The average molecular weight is 321 g/mol. The molecule has 3 unspecified atom stereocenters. The monoisotopic (exact) mass is 321 g/mol. The first kappa shape index (κ1) is 19.0. The molecule has 21 heavy (non-hydrogen) atoms. The Morgan fingerprint density at radius 2 is 1.71 bits per heavy atom. The third-order valence-electron chi connectivity index (χ3n) is 3.06. The predicted molar refractivity (Wildman–Crippen MR) is 80.1 cm³/mol. The fourth-order valence-electron chi connectivity index (χ4n) is 1.46. The van der Waals surface area contributed by atoms with Gasteiger partial charge in [-0.05, 0) is 12.5 Å². The lowest BCUT2D eigenvalue weighted by Crippen LogP contribution is -2.29. The Labute approximate surface area is 129 Å². The molecule has 1 aliphatic heterocycles. The van der Waals surface area contributed by atoms with Crippen LogP contribution in [-0.2, 0) is 18.3 Å². The van der Waals surface area contributed by atoms with E-state index in [0.717, 1.165) is 19.1 Å². The lowest BCUT2D eigenvalue weighted by Gasteiger charge is -2.19. The number of epoxide rings is 1. The standard InChI is InChI=1S/C14H29O6Si/c1-12(6-15)8-19-21(20-9-13(2)7-16)5-3-4-17-10-14-11-18-14/h12-16H,3-11H2,1-2H3. The maximum absolute atomic E-state index is 9.03. The zero-order valence-corrected chi connectivity index (χ0v) is 14.1. The van der Waals surface area contributed by atoms with Gasteiger partial charge in [0.05, 0.1) is 13.2 Å². The molecule has 125 valence electrons.